The lowest BCUT2D eigenvalue weighted by atomic mass is 9.98. The Morgan fingerprint density at radius 1 is 1.45 bits per heavy atom. The highest BCUT2D eigenvalue weighted by Crippen LogP contribution is 2.29. The number of carboxylic acid groups (broad SMARTS) is 1. The van der Waals surface area contributed by atoms with Crippen molar-refractivity contribution >= 4 is 23.3 Å². The van der Waals surface area contributed by atoms with Gasteiger partial charge in [-0.2, -0.15) is 0 Å². The van der Waals surface area contributed by atoms with Crippen LogP contribution in [0, 0.1) is 6.92 Å². The summed E-state index contributed by atoms with van der Waals surface area (Å²) in [6.07, 6.45) is 3.33. The fraction of sp³-hybridized carbons (Fsp3) is 0.615. The summed E-state index contributed by atoms with van der Waals surface area (Å²) in [5, 5.41) is 17.5. The van der Waals surface area contributed by atoms with Crippen molar-refractivity contribution in [3.63, 3.8) is 0 Å². The number of aliphatic carboxylic acids is 1. The molecule has 0 saturated heterocycles. The summed E-state index contributed by atoms with van der Waals surface area (Å²) >= 11 is 1.58. The fourth-order valence-electron chi connectivity index (χ4n) is 2.46. The highest BCUT2D eigenvalue weighted by atomic mass is 32.1. The number of hydrogen-bond acceptors (Lipinski definition) is 4. The molecule has 0 atom stereocenters. The second kappa shape index (κ2) is 6.21. The van der Waals surface area contributed by atoms with Crippen LogP contribution in [-0.4, -0.2) is 34.2 Å². The van der Waals surface area contributed by atoms with Gasteiger partial charge in [0.25, 0.3) is 0 Å². The largest absolute Gasteiger partial charge is 0.480 e. The lowest BCUT2D eigenvalue weighted by Crippen LogP contribution is -2.55. The lowest BCUT2D eigenvalue weighted by Gasteiger charge is -2.25. The molecule has 1 aromatic rings. The molecular formula is C13H19N3O3S. The first-order valence-corrected chi connectivity index (χ1v) is 7.60. The maximum absolute atomic E-state index is 11.8. The number of amides is 2. The Kier molecular flexibility index (Phi) is 4.59. The third kappa shape index (κ3) is 3.47. The van der Waals surface area contributed by atoms with E-state index in [0.717, 1.165) is 23.5 Å². The molecule has 6 nitrogen and oxygen atoms in total. The van der Waals surface area contributed by atoms with Crippen molar-refractivity contribution < 1.29 is 14.7 Å². The van der Waals surface area contributed by atoms with Gasteiger partial charge in [-0.1, -0.05) is 12.8 Å². The number of carbonyl (C=O) groups is 2. The first-order valence-electron chi connectivity index (χ1n) is 6.72. The van der Waals surface area contributed by atoms with Crippen molar-refractivity contribution in [1.82, 2.24) is 15.6 Å². The van der Waals surface area contributed by atoms with Crippen molar-refractivity contribution in [2.24, 2.45) is 0 Å². The molecule has 1 aromatic heterocycles. The molecule has 0 aliphatic heterocycles. The van der Waals surface area contributed by atoms with Crippen molar-refractivity contribution in [3.8, 4) is 0 Å². The highest BCUT2D eigenvalue weighted by molar-refractivity contribution is 7.09. The zero-order valence-corrected chi connectivity index (χ0v) is 12.3. The van der Waals surface area contributed by atoms with E-state index in [1.165, 1.54) is 0 Å². The van der Waals surface area contributed by atoms with Crippen molar-refractivity contribution in [3.05, 3.63) is 16.1 Å². The molecule has 0 radical (unpaired) electrons. The molecule has 2 amide bonds. The zero-order valence-electron chi connectivity index (χ0n) is 11.4. The van der Waals surface area contributed by atoms with Gasteiger partial charge in [0.05, 0.1) is 10.7 Å². The van der Waals surface area contributed by atoms with Crippen molar-refractivity contribution in [2.75, 3.05) is 6.54 Å². The van der Waals surface area contributed by atoms with Crippen LogP contribution < -0.4 is 10.6 Å². The summed E-state index contributed by atoms with van der Waals surface area (Å²) in [6.45, 7) is 2.38. The first-order chi connectivity index (χ1) is 9.52. The van der Waals surface area contributed by atoms with Gasteiger partial charge in [-0.05, 0) is 19.8 Å². The Labute approximate surface area is 121 Å². The second-order valence-corrected chi connectivity index (χ2v) is 6.15. The Bertz CT molecular complexity index is 495. The van der Waals surface area contributed by atoms with Gasteiger partial charge in [0.1, 0.15) is 5.54 Å². The maximum Gasteiger partial charge on any atom is 0.329 e. The summed E-state index contributed by atoms with van der Waals surface area (Å²) in [5.41, 5.74) is -0.136. The normalized spacial score (nSPS) is 16.9. The third-order valence-corrected chi connectivity index (χ3v) is 4.37. The van der Waals surface area contributed by atoms with E-state index in [4.69, 9.17) is 0 Å². The molecule has 1 fully saturated rings. The van der Waals surface area contributed by atoms with E-state index >= 15 is 0 Å². The van der Waals surface area contributed by atoms with Crippen LogP contribution in [0.5, 0.6) is 0 Å². The number of aromatic nitrogens is 1. The Balaban J connectivity index is 1.78. The summed E-state index contributed by atoms with van der Waals surface area (Å²) in [7, 11) is 0. The van der Waals surface area contributed by atoms with Crippen LogP contribution in [0.25, 0.3) is 0 Å². The van der Waals surface area contributed by atoms with Gasteiger partial charge in [0.2, 0.25) is 0 Å². The molecule has 2 rings (SSSR count). The number of aryl methyl sites for hydroxylation is 1. The monoisotopic (exact) mass is 297 g/mol. The van der Waals surface area contributed by atoms with E-state index in [-0.39, 0.29) is 0 Å². The summed E-state index contributed by atoms with van der Waals surface area (Å²) < 4.78 is 0. The van der Waals surface area contributed by atoms with Crippen LogP contribution in [-0.2, 0) is 11.2 Å². The van der Waals surface area contributed by atoms with E-state index in [9.17, 15) is 14.7 Å². The predicted molar refractivity (Wildman–Crippen MR) is 75.9 cm³/mol. The number of urea groups is 1. The molecule has 7 heteroatoms. The van der Waals surface area contributed by atoms with Crippen LogP contribution in [0.3, 0.4) is 0 Å². The number of carbonyl (C=O) groups excluding carboxylic acids is 1. The van der Waals surface area contributed by atoms with Crippen molar-refractivity contribution in [1.29, 1.82) is 0 Å². The lowest BCUT2D eigenvalue weighted by molar-refractivity contribution is -0.144. The number of carboxylic acids is 1. The number of nitrogens with one attached hydrogen (secondary N) is 2. The molecule has 1 saturated carbocycles. The van der Waals surface area contributed by atoms with Crippen LogP contribution in [0.4, 0.5) is 4.79 Å². The number of nitrogens with zero attached hydrogens (tertiary/aromatic N) is 1. The summed E-state index contributed by atoms with van der Waals surface area (Å²) in [6, 6.07) is -0.416. The van der Waals surface area contributed by atoms with Crippen LogP contribution in [0.1, 0.15) is 36.4 Å². The van der Waals surface area contributed by atoms with E-state index in [0.29, 0.717) is 25.8 Å². The molecule has 0 unspecified atom stereocenters. The van der Waals surface area contributed by atoms with E-state index in [1.807, 2.05) is 12.3 Å². The molecule has 0 bridgehead atoms. The Morgan fingerprint density at radius 3 is 2.70 bits per heavy atom. The SMILES string of the molecule is Cc1nc(CCNC(=O)NC2(C(=O)O)CCCC2)cs1. The minimum atomic E-state index is -1.08. The van der Waals surface area contributed by atoms with E-state index < -0.39 is 17.5 Å². The predicted octanol–water partition coefficient (Wildman–Crippen LogP) is 1.69. The Morgan fingerprint density at radius 2 is 2.15 bits per heavy atom. The molecule has 110 valence electrons. The van der Waals surface area contributed by atoms with Gasteiger partial charge >= 0.3 is 12.0 Å². The maximum atomic E-state index is 11.8. The smallest absolute Gasteiger partial charge is 0.329 e. The Hall–Kier alpha value is -1.63. The standard InChI is InChI=1S/C13H19N3O3S/c1-9-15-10(8-20-9)4-7-14-12(19)16-13(11(17)18)5-2-3-6-13/h8H,2-7H2,1H3,(H,17,18)(H2,14,16,19). The van der Waals surface area contributed by atoms with Gasteiger partial charge in [0, 0.05) is 18.3 Å². The van der Waals surface area contributed by atoms with Crippen molar-refractivity contribution in [2.45, 2.75) is 44.6 Å². The van der Waals surface area contributed by atoms with E-state index in [1.54, 1.807) is 11.3 Å². The molecule has 0 aromatic carbocycles. The molecule has 1 heterocycles. The molecule has 20 heavy (non-hydrogen) atoms. The van der Waals surface area contributed by atoms with Crippen LogP contribution >= 0.6 is 11.3 Å². The number of thiazole rings is 1. The quantitative estimate of drug-likeness (QED) is 0.771. The molecular weight excluding hydrogens is 278 g/mol. The molecule has 0 spiro atoms. The van der Waals surface area contributed by atoms with Crippen LogP contribution in [0.15, 0.2) is 5.38 Å². The average Bonchev–Trinajstić information content (AvgIpc) is 2.99. The van der Waals surface area contributed by atoms with E-state index in [2.05, 4.69) is 15.6 Å². The zero-order chi connectivity index (χ0) is 14.6. The molecule has 3 N–H and O–H groups in total. The third-order valence-electron chi connectivity index (χ3n) is 3.55. The molecule has 1 aliphatic rings. The molecule has 1 aliphatic carbocycles. The van der Waals surface area contributed by atoms with Gasteiger partial charge in [0.15, 0.2) is 0 Å². The highest BCUT2D eigenvalue weighted by Gasteiger charge is 2.42. The van der Waals surface area contributed by atoms with Crippen LogP contribution in [0.2, 0.25) is 0 Å². The number of hydrogen-bond donors (Lipinski definition) is 3. The van der Waals surface area contributed by atoms with Gasteiger partial charge in [-0.25, -0.2) is 14.6 Å². The minimum absolute atomic E-state index is 0.416. The fourth-order valence-corrected chi connectivity index (χ4v) is 3.11. The summed E-state index contributed by atoms with van der Waals surface area (Å²) in [5.74, 6) is -0.944. The summed E-state index contributed by atoms with van der Waals surface area (Å²) in [4.78, 5) is 27.4. The van der Waals surface area contributed by atoms with Gasteiger partial charge < -0.3 is 15.7 Å². The average molecular weight is 297 g/mol. The second-order valence-electron chi connectivity index (χ2n) is 5.08. The van der Waals surface area contributed by atoms with Gasteiger partial charge in [-0.3, -0.25) is 0 Å². The van der Waals surface area contributed by atoms with Gasteiger partial charge in [-0.15, -0.1) is 11.3 Å². The number of rotatable bonds is 5. The topological polar surface area (TPSA) is 91.3 Å². The minimum Gasteiger partial charge on any atom is -0.480 e. The first kappa shape index (κ1) is 14.8.